The molecule has 0 heterocycles. The molecule has 84 valence electrons. The Morgan fingerprint density at radius 1 is 1.27 bits per heavy atom. The van der Waals surface area contributed by atoms with Crippen molar-refractivity contribution in [2.45, 2.75) is 19.5 Å². The summed E-state index contributed by atoms with van der Waals surface area (Å²) in [6.45, 7) is 1.32. The molecule has 0 unspecified atom stereocenters. The first-order valence-corrected chi connectivity index (χ1v) is 4.46. The Labute approximate surface area is 85.1 Å². The summed E-state index contributed by atoms with van der Waals surface area (Å²) >= 11 is 0. The maximum Gasteiger partial charge on any atom is 0.390 e. The van der Waals surface area contributed by atoms with E-state index in [-0.39, 0.29) is 12.2 Å². The second kappa shape index (κ2) is 4.51. The van der Waals surface area contributed by atoms with Crippen LogP contribution in [0.2, 0.25) is 0 Å². The quantitative estimate of drug-likeness (QED) is 0.770. The third kappa shape index (κ3) is 3.77. The molecule has 0 spiro atoms. The lowest BCUT2D eigenvalue weighted by Crippen LogP contribution is -2.15. The minimum atomic E-state index is -4.22. The average molecular weight is 221 g/mol. The highest BCUT2D eigenvalue weighted by molar-refractivity contribution is 5.51. The summed E-state index contributed by atoms with van der Waals surface area (Å²) in [4.78, 5) is 0. The Bertz CT molecular complexity index is 312. The molecule has 1 nitrogen and oxygen atoms in total. The predicted molar refractivity (Wildman–Crippen MR) is 50.3 cm³/mol. The molecule has 0 radical (unpaired) electrons. The number of hydrogen-bond acceptors (Lipinski definition) is 1. The number of aryl methyl sites for hydroxylation is 1. The first-order valence-electron chi connectivity index (χ1n) is 4.46. The minimum Gasteiger partial charge on any atom is -0.382 e. The fourth-order valence-corrected chi connectivity index (χ4v) is 1.19. The third-order valence-electron chi connectivity index (χ3n) is 1.93. The van der Waals surface area contributed by atoms with Gasteiger partial charge in [0.2, 0.25) is 0 Å². The van der Waals surface area contributed by atoms with Crippen LogP contribution in [0.5, 0.6) is 0 Å². The van der Waals surface area contributed by atoms with Crippen molar-refractivity contribution in [1.29, 1.82) is 0 Å². The maximum atomic E-state index is 13.1. The standard InChI is InChI=1S/C10H11F4N/c1-7-3-2-4-8(11)9(7)15-6-5-10(12,13)14/h2-4,15H,5-6H2,1H3. The SMILES string of the molecule is Cc1cccc(F)c1NCCC(F)(F)F. The molecule has 0 fully saturated rings. The van der Waals surface area contributed by atoms with E-state index in [1.165, 1.54) is 12.1 Å². The summed E-state index contributed by atoms with van der Waals surface area (Å²) in [5.74, 6) is -0.530. The number of para-hydroxylation sites is 1. The number of benzene rings is 1. The van der Waals surface area contributed by atoms with Crippen molar-refractivity contribution in [3.8, 4) is 0 Å². The molecule has 1 aromatic carbocycles. The second-order valence-electron chi connectivity index (χ2n) is 3.22. The lowest BCUT2D eigenvalue weighted by Gasteiger charge is -2.11. The maximum absolute atomic E-state index is 13.1. The Kier molecular flexibility index (Phi) is 3.55. The Hall–Kier alpha value is -1.26. The van der Waals surface area contributed by atoms with Crippen molar-refractivity contribution in [2.75, 3.05) is 11.9 Å². The van der Waals surface area contributed by atoms with Gasteiger partial charge in [0.05, 0.1) is 12.1 Å². The van der Waals surface area contributed by atoms with Crippen LogP contribution in [-0.4, -0.2) is 12.7 Å². The summed E-state index contributed by atoms with van der Waals surface area (Å²) in [6.07, 6.45) is -5.19. The molecule has 0 atom stereocenters. The molecule has 0 aromatic heterocycles. The number of hydrogen-bond donors (Lipinski definition) is 1. The zero-order chi connectivity index (χ0) is 11.5. The lowest BCUT2D eigenvalue weighted by molar-refractivity contribution is -0.131. The fourth-order valence-electron chi connectivity index (χ4n) is 1.19. The summed E-state index contributed by atoms with van der Waals surface area (Å²) < 4.78 is 48.6. The predicted octanol–water partition coefficient (Wildman–Crippen LogP) is 3.50. The molecule has 1 aromatic rings. The van der Waals surface area contributed by atoms with Crippen molar-refractivity contribution in [3.63, 3.8) is 0 Å². The molecule has 5 heteroatoms. The van der Waals surface area contributed by atoms with Gasteiger partial charge >= 0.3 is 6.18 Å². The van der Waals surface area contributed by atoms with Gasteiger partial charge in [0, 0.05) is 6.54 Å². The van der Waals surface area contributed by atoms with Crippen LogP contribution in [0, 0.1) is 12.7 Å². The molecular weight excluding hydrogens is 210 g/mol. The molecule has 1 rings (SSSR count). The number of halogens is 4. The molecule has 0 bridgehead atoms. The van der Waals surface area contributed by atoms with Crippen LogP contribution >= 0.6 is 0 Å². The van der Waals surface area contributed by atoms with E-state index in [1.807, 2.05) is 0 Å². The average Bonchev–Trinajstić information content (AvgIpc) is 2.08. The monoisotopic (exact) mass is 221 g/mol. The van der Waals surface area contributed by atoms with Crippen molar-refractivity contribution in [3.05, 3.63) is 29.6 Å². The third-order valence-corrected chi connectivity index (χ3v) is 1.93. The van der Waals surface area contributed by atoms with E-state index >= 15 is 0 Å². The van der Waals surface area contributed by atoms with E-state index in [4.69, 9.17) is 0 Å². The molecule has 15 heavy (non-hydrogen) atoms. The van der Waals surface area contributed by atoms with E-state index in [0.29, 0.717) is 5.56 Å². The largest absolute Gasteiger partial charge is 0.390 e. The zero-order valence-electron chi connectivity index (χ0n) is 8.16. The van der Waals surface area contributed by atoms with Gasteiger partial charge in [-0.3, -0.25) is 0 Å². The molecule has 0 saturated carbocycles. The summed E-state index contributed by atoms with van der Waals surface area (Å²) in [7, 11) is 0. The highest BCUT2D eigenvalue weighted by Gasteiger charge is 2.26. The van der Waals surface area contributed by atoms with Crippen molar-refractivity contribution in [2.24, 2.45) is 0 Å². The van der Waals surface area contributed by atoms with Crippen LogP contribution in [0.1, 0.15) is 12.0 Å². The topological polar surface area (TPSA) is 12.0 Å². The van der Waals surface area contributed by atoms with Crippen molar-refractivity contribution in [1.82, 2.24) is 0 Å². The van der Waals surface area contributed by atoms with Crippen LogP contribution in [0.4, 0.5) is 23.2 Å². The van der Waals surface area contributed by atoms with Crippen LogP contribution in [0.25, 0.3) is 0 Å². The fraction of sp³-hybridized carbons (Fsp3) is 0.400. The van der Waals surface area contributed by atoms with E-state index in [0.717, 1.165) is 0 Å². The molecule has 0 aliphatic carbocycles. The first kappa shape index (κ1) is 11.8. The van der Waals surface area contributed by atoms with E-state index in [9.17, 15) is 17.6 Å². The normalized spacial score (nSPS) is 11.5. The van der Waals surface area contributed by atoms with E-state index in [2.05, 4.69) is 5.32 Å². The minimum absolute atomic E-state index is 0.141. The summed E-state index contributed by atoms with van der Waals surface area (Å²) in [5.41, 5.74) is 0.735. The Balaban J connectivity index is 2.58. The van der Waals surface area contributed by atoms with Gasteiger partial charge in [-0.05, 0) is 18.6 Å². The smallest absolute Gasteiger partial charge is 0.382 e. The molecule has 0 amide bonds. The van der Waals surface area contributed by atoms with Gasteiger partial charge in [-0.25, -0.2) is 4.39 Å². The number of alkyl halides is 3. The molecular formula is C10H11F4N. The number of anilines is 1. The van der Waals surface area contributed by atoms with E-state index < -0.39 is 18.4 Å². The second-order valence-corrected chi connectivity index (χ2v) is 3.22. The van der Waals surface area contributed by atoms with E-state index in [1.54, 1.807) is 13.0 Å². The van der Waals surface area contributed by atoms with Gasteiger partial charge in [0.1, 0.15) is 5.82 Å². The molecule has 0 saturated heterocycles. The van der Waals surface area contributed by atoms with Gasteiger partial charge in [-0.2, -0.15) is 13.2 Å². The lowest BCUT2D eigenvalue weighted by atomic mass is 10.2. The molecule has 0 aliphatic heterocycles. The van der Waals surface area contributed by atoms with Crippen LogP contribution in [0.3, 0.4) is 0 Å². The highest BCUT2D eigenvalue weighted by Crippen LogP contribution is 2.22. The van der Waals surface area contributed by atoms with Crippen molar-refractivity contribution >= 4 is 5.69 Å². The van der Waals surface area contributed by atoms with Gasteiger partial charge in [-0.15, -0.1) is 0 Å². The van der Waals surface area contributed by atoms with Crippen molar-refractivity contribution < 1.29 is 17.6 Å². The number of nitrogens with one attached hydrogen (secondary N) is 1. The van der Waals surface area contributed by atoms with Gasteiger partial charge in [0.25, 0.3) is 0 Å². The van der Waals surface area contributed by atoms with Crippen LogP contribution in [0.15, 0.2) is 18.2 Å². The van der Waals surface area contributed by atoms with Gasteiger partial charge < -0.3 is 5.32 Å². The Morgan fingerprint density at radius 2 is 1.93 bits per heavy atom. The highest BCUT2D eigenvalue weighted by atomic mass is 19.4. The first-order chi connectivity index (χ1) is 6.90. The summed E-state index contributed by atoms with van der Waals surface area (Å²) in [6, 6.07) is 4.36. The Morgan fingerprint density at radius 3 is 2.47 bits per heavy atom. The van der Waals surface area contributed by atoms with Crippen LogP contribution in [-0.2, 0) is 0 Å². The van der Waals surface area contributed by atoms with Gasteiger partial charge in [0.15, 0.2) is 0 Å². The number of rotatable bonds is 3. The zero-order valence-corrected chi connectivity index (χ0v) is 8.16. The molecule has 1 N–H and O–H groups in total. The summed E-state index contributed by atoms with van der Waals surface area (Å²) in [5, 5.41) is 2.44. The molecule has 0 aliphatic rings. The van der Waals surface area contributed by atoms with Gasteiger partial charge in [-0.1, -0.05) is 12.1 Å². The van der Waals surface area contributed by atoms with Crippen LogP contribution < -0.4 is 5.32 Å².